The number of fused-ring (bicyclic) bond motifs is 3. The Hall–Kier alpha value is -1.56. The van der Waals surface area contributed by atoms with Gasteiger partial charge in [0.25, 0.3) is 0 Å². The first kappa shape index (κ1) is 27.5. The second-order valence-corrected chi connectivity index (χ2v) is 11.8. The van der Waals surface area contributed by atoms with Crippen LogP contribution in [0.3, 0.4) is 0 Å². The van der Waals surface area contributed by atoms with Crippen LogP contribution < -0.4 is 0 Å². The molecule has 0 N–H and O–H groups in total. The predicted octanol–water partition coefficient (Wildman–Crippen LogP) is 9.78. The molecule has 0 aromatic heterocycles. The second kappa shape index (κ2) is 12.8. The standard InChI is InChI=1S/C36H54/c1-7-15-25-26(16-8-2)28(18-10-4)34-24-36-30(20-12-6)32-22-14-13-21-31(32)29(19-11-5)35(36)23-33(34)27(25)17-9-3/h7-24H2,1-6H3. The molecule has 0 aliphatic heterocycles. The van der Waals surface area contributed by atoms with Gasteiger partial charge >= 0.3 is 0 Å². The van der Waals surface area contributed by atoms with Crippen LogP contribution in [-0.2, 0) is 64.2 Å². The van der Waals surface area contributed by atoms with Gasteiger partial charge in [-0.1, -0.05) is 80.1 Å². The largest absolute Gasteiger partial charge is 0.0651 e. The molecular weight excluding hydrogens is 432 g/mol. The van der Waals surface area contributed by atoms with Crippen molar-refractivity contribution in [2.75, 3.05) is 0 Å². The van der Waals surface area contributed by atoms with Gasteiger partial charge in [-0.25, -0.2) is 0 Å². The van der Waals surface area contributed by atoms with Gasteiger partial charge in [0.2, 0.25) is 0 Å². The number of benzene rings is 2. The lowest BCUT2D eigenvalue weighted by Gasteiger charge is -2.36. The summed E-state index contributed by atoms with van der Waals surface area (Å²) in [7, 11) is 0. The van der Waals surface area contributed by atoms with E-state index < -0.39 is 0 Å². The Bertz CT molecular complexity index is 967. The van der Waals surface area contributed by atoms with Crippen molar-refractivity contribution in [1.29, 1.82) is 0 Å². The van der Waals surface area contributed by atoms with Gasteiger partial charge in [0, 0.05) is 0 Å². The molecule has 2 aliphatic carbocycles. The van der Waals surface area contributed by atoms with Gasteiger partial charge in [0.1, 0.15) is 0 Å². The van der Waals surface area contributed by atoms with Gasteiger partial charge < -0.3 is 0 Å². The Labute approximate surface area is 223 Å². The molecule has 2 aliphatic rings. The lowest BCUT2D eigenvalue weighted by molar-refractivity contribution is 0.658. The Morgan fingerprint density at radius 3 is 0.944 bits per heavy atom. The quantitative estimate of drug-likeness (QED) is 0.239. The first-order valence-corrected chi connectivity index (χ1v) is 16.0. The van der Waals surface area contributed by atoms with Crippen LogP contribution in [0.4, 0.5) is 0 Å². The SMILES string of the molecule is CCCc1c(CCC)c(CCC)c2c(c1CCC)Cc1c(CCC)c3c(c(CCC)c1C2)CCCC3. The molecule has 0 radical (unpaired) electrons. The fraction of sp³-hybridized carbons (Fsp3) is 0.667. The first-order chi connectivity index (χ1) is 17.6. The fourth-order valence-electron chi connectivity index (χ4n) is 7.91. The molecule has 0 nitrogen and oxygen atoms in total. The van der Waals surface area contributed by atoms with Gasteiger partial charge in [0.15, 0.2) is 0 Å². The maximum Gasteiger partial charge on any atom is -0.00142 e. The maximum atomic E-state index is 2.40. The van der Waals surface area contributed by atoms with Crippen molar-refractivity contribution in [3.63, 3.8) is 0 Å². The third-order valence-electron chi connectivity index (χ3n) is 9.18. The molecule has 2 aromatic rings. The maximum absolute atomic E-state index is 2.40. The highest BCUT2D eigenvalue weighted by atomic mass is 14.4. The van der Waals surface area contributed by atoms with E-state index in [2.05, 4.69) is 41.5 Å². The Kier molecular flexibility index (Phi) is 9.77. The summed E-state index contributed by atoms with van der Waals surface area (Å²) in [5.41, 5.74) is 21.4. The van der Waals surface area contributed by atoms with Crippen LogP contribution in [0, 0.1) is 0 Å². The van der Waals surface area contributed by atoms with Gasteiger partial charge in [-0.2, -0.15) is 0 Å². The molecule has 0 unspecified atom stereocenters. The monoisotopic (exact) mass is 486 g/mol. The summed E-state index contributed by atoms with van der Waals surface area (Å²) < 4.78 is 0. The number of hydrogen-bond donors (Lipinski definition) is 0. The molecule has 0 spiro atoms. The van der Waals surface area contributed by atoms with E-state index in [1.165, 1.54) is 116 Å². The van der Waals surface area contributed by atoms with Crippen LogP contribution in [-0.4, -0.2) is 0 Å². The molecular formula is C36H54. The van der Waals surface area contributed by atoms with Crippen LogP contribution in [0.1, 0.15) is 160 Å². The van der Waals surface area contributed by atoms with Crippen LogP contribution in [0.15, 0.2) is 0 Å². The van der Waals surface area contributed by atoms with E-state index in [1.807, 2.05) is 0 Å². The number of rotatable bonds is 12. The summed E-state index contributed by atoms with van der Waals surface area (Å²) in [6.07, 6.45) is 23.2. The van der Waals surface area contributed by atoms with Gasteiger partial charge in [-0.3, -0.25) is 0 Å². The highest BCUT2D eigenvalue weighted by Crippen LogP contribution is 2.44. The average molecular weight is 487 g/mol. The predicted molar refractivity (Wildman–Crippen MR) is 159 cm³/mol. The molecule has 0 heteroatoms. The third-order valence-corrected chi connectivity index (χ3v) is 9.18. The number of hydrogen-bond acceptors (Lipinski definition) is 0. The van der Waals surface area contributed by atoms with Crippen molar-refractivity contribution in [3.8, 4) is 0 Å². The van der Waals surface area contributed by atoms with Gasteiger partial charge in [-0.05, 0) is 144 Å². The Balaban J connectivity index is 2.03. The second-order valence-electron chi connectivity index (χ2n) is 11.8. The van der Waals surface area contributed by atoms with Crippen molar-refractivity contribution in [1.82, 2.24) is 0 Å². The van der Waals surface area contributed by atoms with E-state index in [9.17, 15) is 0 Å². The van der Waals surface area contributed by atoms with Crippen molar-refractivity contribution >= 4 is 0 Å². The third kappa shape index (κ3) is 5.08. The van der Waals surface area contributed by atoms with Crippen molar-refractivity contribution < 1.29 is 0 Å². The summed E-state index contributed by atoms with van der Waals surface area (Å²) in [6, 6.07) is 0. The van der Waals surface area contributed by atoms with E-state index in [-0.39, 0.29) is 0 Å². The van der Waals surface area contributed by atoms with E-state index in [0.717, 1.165) is 0 Å². The Morgan fingerprint density at radius 1 is 0.333 bits per heavy atom. The zero-order chi connectivity index (χ0) is 25.7. The minimum absolute atomic E-state index is 1.22. The highest BCUT2D eigenvalue weighted by Gasteiger charge is 2.31. The molecule has 198 valence electrons. The summed E-state index contributed by atoms with van der Waals surface area (Å²) in [4.78, 5) is 0. The lowest BCUT2D eigenvalue weighted by Crippen LogP contribution is -2.23. The molecule has 4 rings (SSSR count). The summed E-state index contributed by atoms with van der Waals surface area (Å²) in [6.45, 7) is 14.4. The highest BCUT2D eigenvalue weighted by molar-refractivity contribution is 5.63. The molecule has 36 heavy (non-hydrogen) atoms. The first-order valence-electron chi connectivity index (χ1n) is 16.0. The van der Waals surface area contributed by atoms with Crippen molar-refractivity contribution in [2.24, 2.45) is 0 Å². The topological polar surface area (TPSA) is 0 Å². The van der Waals surface area contributed by atoms with E-state index in [1.54, 1.807) is 66.8 Å². The smallest absolute Gasteiger partial charge is 0.00142 e. The minimum Gasteiger partial charge on any atom is -0.0651 e. The van der Waals surface area contributed by atoms with Crippen LogP contribution >= 0.6 is 0 Å². The average Bonchev–Trinajstić information content (AvgIpc) is 2.89. The zero-order valence-electron chi connectivity index (χ0n) is 24.7. The molecule has 0 amide bonds. The fourth-order valence-corrected chi connectivity index (χ4v) is 7.91. The molecule has 0 saturated heterocycles. The van der Waals surface area contributed by atoms with E-state index in [4.69, 9.17) is 0 Å². The van der Waals surface area contributed by atoms with Crippen molar-refractivity contribution in [3.05, 3.63) is 66.8 Å². The summed E-state index contributed by atoms with van der Waals surface area (Å²) >= 11 is 0. The molecule has 0 bridgehead atoms. The van der Waals surface area contributed by atoms with Gasteiger partial charge in [-0.15, -0.1) is 0 Å². The summed E-state index contributed by atoms with van der Waals surface area (Å²) in [5.74, 6) is 0. The Morgan fingerprint density at radius 2 is 0.611 bits per heavy atom. The van der Waals surface area contributed by atoms with E-state index in [0.29, 0.717) is 0 Å². The minimum atomic E-state index is 1.22. The zero-order valence-corrected chi connectivity index (χ0v) is 24.7. The molecule has 0 saturated carbocycles. The lowest BCUT2D eigenvalue weighted by atomic mass is 9.69. The van der Waals surface area contributed by atoms with Crippen LogP contribution in [0.25, 0.3) is 0 Å². The summed E-state index contributed by atoms with van der Waals surface area (Å²) in [5, 5.41) is 0. The molecule has 0 heterocycles. The molecule has 0 fully saturated rings. The molecule has 0 atom stereocenters. The molecule has 2 aromatic carbocycles. The van der Waals surface area contributed by atoms with Crippen molar-refractivity contribution in [2.45, 2.75) is 157 Å². The van der Waals surface area contributed by atoms with Gasteiger partial charge in [0.05, 0.1) is 0 Å². The van der Waals surface area contributed by atoms with Crippen LogP contribution in [0.2, 0.25) is 0 Å². The normalized spacial score (nSPS) is 14.5. The van der Waals surface area contributed by atoms with E-state index >= 15 is 0 Å². The van der Waals surface area contributed by atoms with Crippen LogP contribution in [0.5, 0.6) is 0 Å².